The molecule has 0 spiro atoms. The molecule has 1 aliphatic carbocycles. The Morgan fingerprint density at radius 1 is 1.39 bits per heavy atom. The van der Waals surface area contributed by atoms with E-state index in [4.69, 9.17) is 0 Å². The zero-order valence-electron chi connectivity index (χ0n) is 17.1. The van der Waals surface area contributed by atoms with Crippen molar-refractivity contribution in [3.63, 3.8) is 0 Å². The summed E-state index contributed by atoms with van der Waals surface area (Å²) in [7, 11) is 0. The number of nitrogens with one attached hydrogen (secondary N) is 1. The lowest BCUT2D eigenvalue weighted by Crippen LogP contribution is -2.33. The Morgan fingerprint density at radius 3 is 2.87 bits per heavy atom. The van der Waals surface area contributed by atoms with Gasteiger partial charge in [-0.3, -0.25) is 14.2 Å². The minimum Gasteiger partial charge on any atom is -0.324 e. The van der Waals surface area contributed by atoms with E-state index in [1.54, 1.807) is 6.92 Å². The summed E-state index contributed by atoms with van der Waals surface area (Å²) in [5.41, 5.74) is -0.0684. The third-order valence-electron chi connectivity index (χ3n) is 5.72. The van der Waals surface area contributed by atoms with Crippen LogP contribution in [0.25, 0.3) is 10.2 Å². The summed E-state index contributed by atoms with van der Waals surface area (Å²) < 4.78 is 40.2. The molecule has 1 N–H and O–H groups in total. The van der Waals surface area contributed by atoms with Crippen LogP contribution in [-0.2, 0) is 23.8 Å². The number of carbonyl (C=O) groups excluding carboxylic acids is 1. The monoisotopic (exact) mass is 449 g/mol. The summed E-state index contributed by atoms with van der Waals surface area (Å²) in [5.74, 6) is 0.00668. The van der Waals surface area contributed by atoms with Gasteiger partial charge in [0.2, 0.25) is 5.91 Å². The number of halogens is 3. The summed E-state index contributed by atoms with van der Waals surface area (Å²) in [5, 5.41) is 3.09. The molecule has 2 heterocycles. The van der Waals surface area contributed by atoms with Crippen molar-refractivity contribution in [2.75, 3.05) is 5.32 Å². The summed E-state index contributed by atoms with van der Waals surface area (Å²) >= 11 is 1.53. The first kappa shape index (κ1) is 21.5. The zero-order valence-corrected chi connectivity index (χ0v) is 17.9. The fraction of sp³-hybridized carbons (Fsp3) is 0.409. The predicted octanol–water partition coefficient (Wildman–Crippen LogP) is 5.19. The van der Waals surface area contributed by atoms with Crippen LogP contribution in [0.15, 0.2) is 35.4 Å². The van der Waals surface area contributed by atoms with Gasteiger partial charge in [0.15, 0.2) is 0 Å². The Bertz CT molecular complexity index is 1200. The van der Waals surface area contributed by atoms with E-state index in [-0.39, 0.29) is 11.2 Å². The second kappa shape index (κ2) is 8.11. The summed E-state index contributed by atoms with van der Waals surface area (Å²) in [6.07, 6.45) is -0.113. The van der Waals surface area contributed by atoms with Gasteiger partial charge >= 0.3 is 6.18 Å². The number of aromatic nitrogens is 2. The highest BCUT2D eigenvalue weighted by atomic mass is 32.1. The second-order valence-electron chi connectivity index (χ2n) is 7.98. The SMILES string of the molecule is CCC(C(=O)Nc1cccc(C(F)(F)F)c1)n1cnc2sc3c(c2c1=O)CCC(C)C3. The van der Waals surface area contributed by atoms with Crippen molar-refractivity contribution in [3.05, 3.63) is 57.0 Å². The molecule has 5 nitrogen and oxygen atoms in total. The minimum atomic E-state index is -4.51. The molecular weight excluding hydrogens is 427 g/mol. The van der Waals surface area contributed by atoms with Crippen molar-refractivity contribution >= 4 is 33.1 Å². The number of thiophene rings is 1. The molecule has 0 radical (unpaired) electrons. The highest BCUT2D eigenvalue weighted by molar-refractivity contribution is 7.18. The van der Waals surface area contributed by atoms with Crippen molar-refractivity contribution in [1.82, 2.24) is 9.55 Å². The lowest BCUT2D eigenvalue weighted by atomic mass is 9.89. The Kier molecular flexibility index (Phi) is 5.63. The molecule has 0 saturated carbocycles. The van der Waals surface area contributed by atoms with Gasteiger partial charge in [-0.15, -0.1) is 11.3 Å². The van der Waals surface area contributed by atoms with Crippen LogP contribution in [0.5, 0.6) is 0 Å². The van der Waals surface area contributed by atoms with E-state index in [9.17, 15) is 22.8 Å². The van der Waals surface area contributed by atoms with Crippen LogP contribution >= 0.6 is 11.3 Å². The fourth-order valence-corrected chi connectivity index (χ4v) is 5.41. The average Bonchev–Trinajstić information content (AvgIpc) is 3.08. The van der Waals surface area contributed by atoms with Gasteiger partial charge < -0.3 is 5.32 Å². The van der Waals surface area contributed by atoms with Crippen molar-refractivity contribution < 1.29 is 18.0 Å². The predicted molar refractivity (Wildman–Crippen MR) is 114 cm³/mol. The van der Waals surface area contributed by atoms with Gasteiger partial charge in [-0.25, -0.2) is 4.98 Å². The molecule has 0 saturated heterocycles. The summed E-state index contributed by atoms with van der Waals surface area (Å²) in [4.78, 5) is 32.5. The minimum absolute atomic E-state index is 0.0299. The van der Waals surface area contributed by atoms with Gasteiger partial charge in [-0.2, -0.15) is 13.2 Å². The number of anilines is 1. The number of fused-ring (bicyclic) bond motifs is 3. The third kappa shape index (κ3) is 4.11. The third-order valence-corrected chi connectivity index (χ3v) is 6.89. The van der Waals surface area contributed by atoms with Crippen molar-refractivity contribution in [1.29, 1.82) is 0 Å². The van der Waals surface area contributed by atoms with Crippen LogP contribution in [0.1, 0.15) is 48.7 Å². The standard InChI is InChI=1S/C22H22F3N3O2S/c1-3-16(19(29)27-14-6-4-5-13(10-14)22(23,24)25)28-11-26-20-18(21(28)30)15-8-7-12(2)9-17(15)31-20/h4-6,10-12,16H,3,7-9H2,1-2H3,(H,27,29). The number of alkyl halides is 3. The van der Waals surface area contributed by atoms with Gasteiger partial charge in [-0.05, 0) is 55.4 Å². The number of hydrogen-bond acceptors (Lipinski definition) is 4. The Balaban J connectivity index is 1.67. The molecule has 1 aliphatic rings. The Labute approximate surface area is 180 Å². The zero-order chi connectivity index (χ0) is 22.3. The smallest absolute Gasteiger partial charge is 0.324 e. The van der Waals surface area contributed by atoms with E-state index in [0.29, 0.717) is 22.6 Å². The number of carbonyl (C=O) groups is 1. The van der Waals surface area contributed by atoms with Crippen LogP contribution in [0, 0.1) is 5.92 Å². The Hall–Kier alpha value is -2.68. The molecule has 164 valence electrons. The van der Waals surface area contributed by atoms with E-state index < -0.39 is 23.7 Å². The van der Waals surface area contributed by atoms with Crippen molar-refractivity contribution in [2.45, 2.75) is 51.7 Å². The maximum absolute atomic E-state index is 13.3. The van der Waals surface area contributed by atoms with E-state index in [1.165, 1.54) is 39.2 Å². The van der Waals surface area contributed by atoms with E-state index >= 15 is 0 Å². The van der Waals surface area contributed by atoms with E-state index in [0.717, 1.165) is 37.0 Å². The number of aryl methyl sites for hydroxylation is 1. The van der Waals surface area contributed by atoms with Crippen LogP contribution in [-0.4, -0.2) is 15.5 Å². The number of benzene rings is 1. The number of amides is 1. The molecule has 4 rings (SSSR count). The molecule has 31 heavy (non-hydrogen) atoms. The lowest BCUT2D eigenvalue weighted by Gasteiger charge is -2.19. The molecule has 3 aromatic rings. The molecule has 2 aromatic heterocycles. The number of rotatable bonds is 4. The normalized spacial score (nSPS) is 17.4. The molecule has 0 aliphatic heterocycles. The van der Waals surface area contributed by atoms with E-state index in [2.05, 4.69) is 17.2 Å². The molecule has 0 bridgehead atoms. The first-order valence-electron chi connectivity index (χ1n) is 10.2. The van der Waals surface area contributed by atoms with Crippen LogP contribution in [0.2, 0.25) is 0 Å². The fourth-order valence-electron chi connectivity index (χ4n) is 4.07. The maximum atomic E-state index is 13.3. The van der Waals surface area contributed by atoms with Gasteiger partial charge in [0.1, 0.15) is 10.9 Å². The number of hydrogen-bond donors (Lipinski definition) is 1. The van der Waals surface area contributed by atoms with Gasteiger partial charge in [0.25, 0.3) is 5.56 Å². The van der Waals surface area contributed by atoms with Crippen molar-refractivity contribution in [2.24, 2.45) is 5.92 Å². The van der Waals surface area contributed by atoms with E-state index in [1.807, 2.05) is 0 Å². The largest absolute Gasteiger partial charge is 0.416 e. The first-order chi connectivity index (χ1) is 14.7. The maximum Gasteiger partial charge on any atom is 0.416 e. The van der Waals surface area contributed by atoms with Crippen LogP contribution < -0.4 is 10.9 Å². The summed E-state index contributed by atoms with van der Waals surface area (Å²) in [6.45, 7) is 3.93. The van der Waals surface area contributed by atoms with Gasteiger partial charge in [0.05, 0.1) is 17.3 Å². The topological polar surface area (TPSA) is 64.0 Å². The highest BCUT2D eigenvalue weighted by Gasteiger charge is 2.31. The Morgan fingerprint density at radius 2 is 2.16 bits per heavy atom. The second-order valence-corrected chi connectivity index (χ2v) is 9.06. The first-order valence-corrected chi connectivity index (χ1v) is 11.0. The lowest BCUT2D eigenvalue weighted by molar-refractivity contribution is -0.137. The molecular formula is C22H22F3N3O2S. The average molecular weight is 449 g/mol. The van der Waals surface area contributed by atoms with Gasteiger partial charge in [0, 0.05) is 10.6 Å². The molecule has 2 atom stereocenters. The molecule has 0 fully saturated rings. The molecule has 2 unspecified atom stereocenters. The van der Waals surface area contributed by atoms with Crippen LogP contribution in [0.3, 0.4) is 0 Å². The van der Waals surface area contributed by atoms with Crippen molar-refractivity contribution in [3.8, 4) is 0 Å². The van der Waals surface area contributed by atoms with Crippen LogP contribution in [0.4, 0.5) is 18.9 Å². The molecule has 9 heteroatoms. The summed E-state index contributed by atoms with van der Waals surface area (Å²) in [6, 6.07) is 3.57. The molecule has 1 aromatic carbocycles. The number of nitrogens with zero attached hydrogens (tertiary/aromatic N) is 2. The van der Waals surface area contributed by atoms with Gasteiger partial charge in [-0.1, -0.05) is 19.9 Å². The highest BCUT2D eigenvalue weighted by Crippen LogP contribution is 2.36. The quantitative estimate of drug-likeness (QED) is 0.596. The molecule has 1 amide bonds.